The smallest absolute Gasteiger partial charge is 0.325 e. The number of hydrogen-bond acceptors (Lipinski definition) is 4. The zero-order chi connectivity index (χ0) is 16.4. The van der Waals surface area contributed by atoms with Crippen molar-refractivity contribution in [2.45, 2.75) is 31.3 Å². The zero-order valence-electron chi connectivity index (χ0n) is 13.7. The Bertz CT molecular complexity index is 484. The predicted octanol–water partition coefficient (Wildman–Crippen LogP) is 2.29. The molecule has 6 heteroatoms. The van der Waals surface area contributed by atoms with Crippen LogP contribution in [0.3, 0.4) is 0 Å². The van der Waals surface area contributed by atoms with Gasteiger partial charge in [0.25, 0.3) is 0 Å². The van der Waals surface area contributed by atoms with E-state index in [0.29, 0.717) is 5.96 Å². The van der Waals surface area contributed by atoms with Crippen LogP contribution in [0.25, 0.3) is 0 Å². The Morgan fingerprint density at radius 3 is 2.50 bits per heavy atom. The van der Waals surface area contributed by atoms with Crippen LogP contribution in [0.4, 0.5) is 0 Å². The number of carbonyl (C=O) groups is 1. The summed E-state index contributed by atoms with van der Waals surface area (Å²) in [6.45, 7) is 6.40. The molecule has 0 radical (unpaired) electrons. The molecular weight excluding hydrogens is 298 g/mol. The van der Waals surface area contributed by atoms with Gasteiger partial charge in [-0.15, -0.1) is 11.8 Å². The van der Waals surface area contributed by atoms with Crippen LogP contribution < -0.4 is 10.6 Å². The third kappa shape index (κ3) is 8.56. The lowest BCUT2D eigenvalue weighted by Gasteiger charge is -2.20. The summed E-state index contributed by atoms with van der Waals surface area (Å²) in [4.78, 5) is 16.9. The van der Waals surface area contributed by atoms with Crippen molar-refractivity contribution in [3.05, 3.63) is 30.3 Å². The first-order chi connectivity index (χ1) is 10.4. The van der Waals surface area contributed by atoms with E-state index >= 15 is 0 Å². The topological polar surface area (TPSA) is 62.7 Å². The maximum Gasteiger partial charge on any atom is 0.325 e. The number of hydrogen-bond donors (Lipinski definition) is 2. The van der Waals surface area contributed by atoms with Gasteiger partial charge < -0.3 is 15.4 Å². The molecule has 1 aromatic carbocycles. The Morgan fingerprint density at radius 2 is 1.91 bits per heavy atom. The number of guanidine groups is 1. The molecule has 0 aliphatic rings. The highest BCUT2D eigenvalue weighted by atomic mass is 32.2. The number of aliphatic imine (C=N–C) groups is 1. The number of rotatable bonds is 6. The molecule has 0 aromatic heterocycles. The Kier molecular flexibility index (Phi) is 7.80. The van der Waals surface area contributed by atoms with Crippen LogP contribution in [0.15, 0.2) is 40.2 Å². The average molecular weight is 323 g/mol. The molecule has 0 aliphatic heterocycles. The minimum absolute atomic E-state index is 0.1000. The highest BCUT2D eigenvalue weighted by Crippen LogP contribution is 2.15. The SMILES string of the molecule is CN=C(NCCSc1ccccc1)NCC(=O)OC(C)(C)C. The number of benzene rings is 1. The predicted molar refractivity (Wildman–Crippen MR) is 92.4 cm³/mol. The first-order valence-electron chi connectivity index (χ1n) is 7.25. The Morgan fingerprint density at radius 1 is 1.23 bits per heavy atom. The molecule has 1 rings (SSSR count). The van der Waals surface area contributed by atoms with Crippen LogP contribution in [0.1, 0.15) is 20.8 Å². The quantitative estimate of drug-likeness (QED) is 0.276. The second-order valence-corrected chi connectivity index (χ2v) is 6.77. The largest absolute Gasteiger partial charge is 0.459 e. The van der Waals surface area contributed by atoms with Gasteiger partial charge in [-0.2, -0.15) is 0 Å². The van der Waals surface area contributed by atoms with Gasteiger partial charge in [0.05, 0.1) is 0 Å². The maximum atomic E-state index is 11.6. The van der Waals surface area contributed by atoms with Gasteiger partial charge in [0.2, 0.25) is 0 Å². The lowest BCUT2D eigenvalue weighted by atomic mass is 10.2. The van der Waals surface area contributed by atoms with E-state index in [4.69, 9.17) is 4.74 Å². The normalized spacial score (nSPS) is 11.9. The first kappa shape index (κ1) is 18.4. The third-order valence-corrected chi connectivity index (χ3v) is 3.46. The van der Waals surface area contributed by atoms with Crippen molar-refractivity contribution in [3.8, 4) is 0 Å². The van der Waals surface area contributed by atoms with Crippen molar-refractivity contribution in [2.24, 2.45) is 4.99 Å². The third-order valence-electron chi connectivity index (χ3n) is 2.45. The van der Waals surface area contributed by atoms with Crippen LogP contribution in [-0.4, -0.2) is 43.4 Å². The van der Waals surface area contributed by atoms with E-state index in [1.807, 2.05) is 39.0 Å². The fourth-order valence-electron chi connectivity index (χ4n) is 1.61. The molecule has 0 saturated heterocycles. The maximum absolute atomic E-state index is 11.6. The van der Waals surface area contributed by atoms with Crippen LogP contribution in [0, 0.1) is 0 Å². The van der Waals surface area contributed by atoms with E-state index < -0.39 is 5.60 Å². The van der Waals surface area contributed by atoms with Gasteiger partial charge in [-0.1, -0.05) is 18.2 Å². The molecule has 0 atom stereocenters. The van der Waals surface area contributed by atoms with E-state index in [1.165, 1.54) is 4.90 Å². The molecule has 0 heterocycles. The minimum atomic E-state index is -0.470. The summed E-state index contributed by atoms with van der Waals surface area (Å²) in [6, 6.07) is 10.2. The lowest BCUT2D eigenvalue weighted by Crippen LogP contribution is -2.42. The summed E-state index contributed by atoms with van der Waals surface area (Å²) in [6.07, 6.45) is 0. The zero-order valence-corrected chi connectivity index (χ0v) is 14.5. The average Bonchev–Trinajstić information content (AvgIpc) is 2.46. The molecule has 0 unspecified atom stereocenters. The van der Waals surface area contributed by atoms with Crippen molar-refractivity contribution >= 4 is 23.7 Å². The fraction of sp³-hybridized carbons (Fsp3) is 0.500. The minimum Gasteiger partial charge on any atom is -0.459 e. The van der Waals surface area contributed by atoms with Gasteiger partial charge in [0.1, 0.15) is 12.1 Å². The molecule has 0 amide bonds. The van der Waals surface area contributed by atoms with Crippen molar-refractivity contribution < 1.29 is 9.53 Å². The molecule has 0 fully saturated rings. The highest BCUT2D eigenvalue weighted by Gasteiger charge is 2.16. The van der Waals surface area contributed by atoms with Crippen molar-refractivity contribution in [1.29, 1.82) is 0 Å². The van der Waals surface area contributed by atoms with Crippen LogP contribution in [-0.2, 0) is 9.53 Å². The van der Waals surface area contributed by atoms with E-state index in [9.17, 15) is 4.79 Å². The van der Waals surface area contributed by atoms with E-state index in [-0.39, 0.29) is 12.5 Å². The monoisotopic (exact) mass is 323 g/mol. The van der Waals surface area contributed by atoms with Crippen molar-refractivity contribution in [3.63, 3.8) is 0 Å². The van der Waals surface area contributed by atoms with Crippen molar-refractivity contribution in [2.75, 3.05) is 25.9 Å². The first-order valence-corrected chi connectivity index (χ1v) is 8.23. The number of esters is 1. The van der Waals surface area contributed by atoms with Gasteiger partial charge in [-0.05, 0) is 32.9 Å². The lowest BCUT2D eigenvalue weighted by molar-refractivity contribution is -0.153. The van der Waals surface area contributed by atoms with Gasteiger partial charge in [0, 0.05) is 24.2 Å². The number of nitrogens with one attached hydrogen (secondary N) is 2. The summed E-state index contributed by atoms with van der Waals surface area (Å²) in [5.74, 6) is 1.21. The summed E-state index contributed by atoms with van der Waals surface area (Å²) in [5.41, 5.74) is -0.470. The number of thioether (sulfide) groups is 1. The molecule has 0 aliphatic carbocycles. The number of ether oxygens (including phenoxy) is 1. The fourth-order valence-corrected chi connectivity index (χ4v) is 2.40. The molecule has 0 bridgehead atoms. The second-order valence-electron chi connectivity index (χ2n) is 5.60. The van der Waals surface area contributed by atoms with E-state index in [0.717, 1.165) is 12.3 Å². The van der Waals surface area contributed by atoms with E-state index in [1.54, 1.807) is 18.8 Å². The number of carbonyl (C=O) groups excluding carboxylic acids is 1. The van der Waals surface area contributed by atoms with Gasteiger partial charge in [0.15, 0.2) is 5.96 Å². The second kappa shape index (κ2) is 9.35. The van der Waals surface area contributed by atoms with E-state index in [2.05, 4.69) is 27.8 Å². The Hall–Kier alpha value is -1.69. The molecule has 0 spiro atoms. The van der Waals surface area contributed by atoms with Crippen LogP contribution in [0.5, 0.6) is 0 Å². The molecule has 2 N–H and O–H groups in total. The summed E-state index contributed by atoms with van der Waals surface area (Å²) in [5, 5.41) is 6.11. The Balaban J connectivity index is 2.21. The molecule has 0 saturated carbocycles. The van der Waals surface area contributed by atoms with Crippen molar-refractivity contribution in [1.82, 2.24) is 10.6 Å². The molecule has 5 nitrogen and oxygen atoms in total. The number of nitrogens with zero attached hydrogens (tertiary/aromatic N) is 1. The van der Waals surface area contributed by atoms with Gasteiger partial charge in [-0.25, -0.2) is 0 Å². The van der Waals surface area contributed by atoms with Crippen LogP contribution in [0.2, 0.25) is 0 Å². The van der Waals surface area contributed by atoms with Crippen LogP contribution >= 0.6 is 11.8 Å². The Labute approximate surface area is 136 Å². The summed E-state index contributed by atoms with van der Waals surface area (Å²) >= 11 is 1.77. The molecule has 22 heavy (non-hydrogen) atoms. The standard InChI is InChI=1S/C16H25N3O2S/c1-16(2,3)21-14(20)12-19-15(17-4)18-10-11-22-13-8-6-5-7-9-13/h5-9H,10-12H2,1-4H3,(H2,17,18,19). The summed E-state index contributed by atoms with van der Waals surface area (Å²) < 4.78 is 5.23. The summed E-state index contributed by atoms with van der Waals surface area (Å²) in [7, 11) is 1.68. The molecule has 122 valence electrons. The highest BCUT2D eigenvalue weighted by molar-refractivity contribution is 7.99. The molecular formula is C16H25N3O2S. The van der Waals surface area contributed by atoms with Gasteiger partial charge in [-0.3, -0.25) is 9.79 Å². The molecule has 1 aromatic rings. The van der Waals surface area contributed by atoms with Gasteiger partial charge >= 0.3 is 5.97 Å².